The number of carboxylic acids is 1. The van der Waals surface area contributed by atoms with Crippen molar-refractivity contribution in [1.29, 1.82) is 0 Å². The number of fused-ring (bicyclic) bond motifs is 2. The summed E-state index contributed by atoms with van der Waals surface area (Å²) in [7, 11) is -4.02. The summed E-state index contributed by atoms with van der Waals surface area (Å²) in [6.45, 7) is 8.49. The van der Waals surface area contributed by atoms with Gasteiger partial charge >= 0.3 is 5.97 Å². The van der Waals surface area contributed by atoms with Gasteiger partial charge in [0.2, 0.25) is 0 Å². The molecule has 0 radical (unpaired) electrons. The number of carbonyl (C=O) groups excluding carboxylic acids is 1. The summed E-state index contributed by atoms with van der Waals surface area (Å²) in [4.78, 5) is 40.1. The van der Waals surface area contributed by atoms with Crippen LogP contribution >= 0.6 is 11.3 Å². The summed E-state index contributed by atoms with van der Waals surface area (Å²) in [5, 5.41) is 22.5. The number of carboxylic acid groups (broad SMARTS) is 1. The van der Waals surface area contributed by atoms with E-state index in [4.69, 9.17) is 14.4 Å². The standard InChI is InChI=1S/C44H47N7O7S2/c1-27-32(19-47-51(27)26-43-21-41(2)20-42(3,22-43)24-44(23-41,25-43)58-16-14-45-15-17-60(55,56)57)29-9-11-33(48-37(29)39(53)54)28-8-10-34-31(18-28)30(12-13-46-34)38(52)50-40-49-35-6-4-5-7-36(35)59-40/h4-13,18-19,45H,14-17,20-26H2,1-3H3,(H,53,54)(H,49,50,52)(H,55,56,57). The quantitative estimate of drug-likeness (QED) is 0.0618. The van der Waals surface area contributed by atoms with Gasteiger partial charge in [0.1, 0.15) is 0 Å². The Labute approximate surface area is 351 Å². The van der Waals surface area contributed by atoms with E-state index in [9.17, 15) is 23.1 Å². The third kappa shape index (κ3) is 7.82. The van der Waals surface area contributed by atoms with Gasteiger partial charge in [0, 0.05) is 53.6 Å². The number of pyridine rings is 2. The fourth-order valence-electron chi connectivity index (χ4n) is 11.6. The van der Waals surface area contributed by atoms with Crippen LogP contribution in [0.15, 0.2) is 73.1 Å². The summed E-state index contributed by atoms with van der Waals surface area (Å²) in [5.41, 5.74) is 4.66. The number of carbonyl (C=O) groups is 2. The SMILES string of the molecule is Cc1c(-c2ccc(-c3ccc4nccc(C(=O)Nc5nc6ccccc6s5)c4c3)nc2C(=O)O)cnn1CC12CC3(C)CC(C)(C1)CC(OCCNCCS(=O)(=O)O)(C3)C2. The van der Waals surface area contributed by atoms with E-state index in [0.29, 0.717) is 63.7 Å². The van der Waals surface area contributed by atoms with E-state index in [1.54, 1.807) is 36.7 Å². The maximum absolute atomic E-state index is 13.6. The molecule has 2 unspecified atom stereocenters. The lowest BCUT2D eigenvalue weighted by Crippen LogP contribution is -2.64. The molecule has 0 spiro atoms. The first-order valence-corrected chi connectivity index (χ1v) is 22.6. The molecule has 2 aromatic carbocycles. The van der Waals surface area contributed by atoms with E-state index in [0.717, 1.165) is 54.4 Å². The molecule has 4 bridgehead atoms. The first kappa shape index (κ1) is 40.3. The number of thiazole rings is 1. The van der Waals surface area contributed by atoms with Crippen LogP contribution in [0.5, 0.6) is 0 Å². The van der Waals surface area contributed by atoms with Crippen molar-refractivity contribution in [2.24, 2.45) is 16.2 Å². The average Bonchev–Trinajstić information content (AvgIpc) is 3.75. The number of rotatable bonds is 14. The molecule has 6 aromatic rings. The number of hydrogen-bond acceptors (Lipinski definition) is 11. The Morgan fingerprint density at radius 2 is 1.70 bits per heavy atom. The summed E-state index contributed by atoms with van der Waals surface area (Å²) in [5.74, 6) is -1.83. The lowest BCUT2D eigenvalue weighted by molar-refractivity contribution is -0.247. The molecule has 16 heteroatoms. The zero-order chi connectivity index (χ0) is 42.1. The Kier molecular flexibility index (Phi) is 9.94. The van der Waals surface area contributed by atoms with Crippen LogP contribution in [-0.4, -0.2) is 85.7 Å². The third-order valence-corrected chi connectivity index (χ3v) is 14.3. The Morgan fingerprint density at radius 1 is 0.917 bits per heavy atom. The van der Waals surface area contributed by atoms with E-state index in [-0.39, 0.29) is 45.7 Å². The van der Waals surface area contributed by atoms with Crippen LogP contribution in [0.25, 0.3) is 43.5 Å². The molecule has 0 saturated heterocycles. The van der Waals surface area contributed by atoms with E-state index >= 15 is 0 Å². The van der Waals surface area contributed by atoms with Crippen molar-refractivity contribution in [2.75, 3.05) is 30.8 Å². The van der Waals surface area contributed by atoms with Crippen LogP contribution in [0.2, 0.25) is 0 Å². The topological polar surface area (TPSA) is 199 Å². The summed E-state index contributed by atoms with van der Waals surface area (Å²) >= 11 is 1.39. The first-order chi connectivity index (χ1) is 28.5. The maximum atomic E-state index is 13.6. The average molecular weight is 850 g/mol. The van der Waals surface area contributed by atoms with Gasteiger partial charge in [-0.15, -0.1) is 0 Å². The summed E-state index contributed by atoms with van der Waals surface area (Å²) in [6, 6.07) is 18.4. The normalized spacial score (nSPS) is 24.7. The van der Waals surface area contributed by atoms with Crippen molar-refractivity contribution in [3.05, 3.63) is 90.0 Å². The Bertz CT molecular complexity index is 2750. The number of nitrogens with zero attached hydrogens (tertiary/aromatic N) is 5. The number of hydrogen-bond donors (Lipinski definition) is 4. The zero-order valence-corrected chi connectivity index (χ0v) is 35.3. The monoisotopic (exact) mass is 849 g/mol. The van der Waals surface area contributed by atoms with Crippen LogP contribution in [-0.2, 0) is 21.4 Å². The minimum Gasteiger partial charge on any atom is -0.476 e. The molecule has 4 saturated carbocycles. The number of benzene rings is 2. The van der Waals surface area contributed by atoms with Crippen LogP contribution in [0.3, 0.4) is 0 Å². The van der Waals surface area contributed by atoms with Crippen molar-refractivity contribution in [2.45, 2.75) is 71.4 Å². The number of aromatic carboxylic acids is 1. The third-order valence-electron chi connectivity index (χ3n) is 12.6. The number of amides is 1. The Morgan fingerprint density at radius 3 is 2.45 bits per heavy atom. The van der Waals surface area contributed by atoms with Crippen molar-refractivity contribution in [1.82, 2.24) is 30.0 Å². The van der Waals surface area contributed by atoms with Gasteiger partial charge in [0.25, 0.3) is 16.0 Å². The first-order valence-electron chi connectivity index (χ1n) is 20.2. The molecule has 10 rings (SSSR count). The second kappa shape index (κ2) is 14.8. The second-order valence-corrected chi connectivity index (χ2v) is 20.6. The number of aromatic nitrogens is 5. The minimum absolute atomic E-state index is 0.0719. The molecule has 0 aliphatic heterocycles. The molecule has 4 fully saturated rings. The van der Waals surface area contributed by atoms with Crippen molar-refractivity contribution in [3.63, 3.8) is 0 Å². The largest absolute Gasteiger partial charge is 0.476 e. The molecular formula is C44H47N7O7S2. The molecule has 4 N–H and O–H groups in total. The smallest absolute Gasteiger partial charge is 0.355 e. The highest BCUT2D eigenvalue weighted by Gasteiger charge is 2.66. The molecule has 312 valence electrons. The van der Waals surface area contributed by atoms with E-state index < -0.39 is 16.1 Å². The van der Waals surface area contributed by atoms with Gasteiger partial charge in [-0.05, 0) is 104 Å². The summed E-state index contributed by atoms with van der Waals surface area (Å²) < 4.78 is 41.0. The zero-order valence-electron chi connectivity index (χ0n) is 33.7. The Hall–Kier alpha value is -5.13. The highest BCUT2D eigenvalue weighted by molar-refractivity contribution is 7.85. The molecular weight excluding hydrogens is 803 g/mol. The van der Waals surface area contributed by atoms with Crippen molar-refractivity contribution >= 4 is 59.6 Å². The van der Waals surface area contributed by atoms with Gasteiger partial charge in [0.05, 0.1) is 51.1 Å². The van der Waals surface area contributed by atoms with Crippen molar-refractivity contribution < 1.29 is 32.4 Å². The minimum atomic E-state index is -4.02. The van der Waals surface area contributed by atoms with Crippen LogP contribution < -0.4 is 10.6 Å². The van der Waals surface area contributed by atoms with Gasteiger partial charge in [-0.25, -0.2) is 14.8 Å². The second-order valence-electron chi connectivity index (χ2n) is 18.0. The molecule has 14 nitrogen and oxygen atoms in total. The molecule has 1 amide bonds. The van der Waals surface area contributed by atoms with Gasteiger partial charge in [-0.2, -0.15) is 13.5 Å². The maximum Gasteiger partial charge on any atom is 0.355 e. The van der Waals surface area contributed by atoms with E-state index in [1.807, 2.05) is 48.0 Å². The molecule has 4 heterocycles. The molecule has 60 heavy (non-hydrogen) atoms. The molecule has 4 aliphatic rings. The number of ether oxygens (including phenoxy) is 1. The van der Waals surface area contributed by atoms with E-state index in [1.165, 1.54) is 11.3 Å². The number of nitrogens with one attached hydrogen (secondary N) is 2. The lowest BCUT2D eigenvalue weighted by atomic mass is 9.39. The van der Waals surface area contributed by atoms with Crippen LogP contribution in [0.4, 0.5) is 5.13 Å². The van der Waals surface area contributed by atoms with Gasteiger partial charge in [0.15, 0.2) is 10.8 Å². The fourth-order valence-corrected chi connectivity index (χ4v) is 12.9. The van der Waals surface area contributed by atoms with Gasteiger partial charge in [-0.3, -0.25) is 24.3 Å². The highest BCUT2D eigenvalue weighted by Crippen LogP contribution is 2.72. The van der Waals surface area contributed by atoms with Crippen molar-refractivity contribution in [3.8, 4) is 22.4 Å². The molecule has 4 aliphatic carbocycles. The number of anilines is 1. The van der Waals surface area contributed by atoms with Crippen LogP contribution in [0, 0.1) is 23.2 Å². The molecule has 2 atom stereocenters. The molecule has 4 aromatic heterocycles. The summed E-state index contributed by atoms with van der Waals surface area (Å²) in [6.07, 6.45) is 9.38. The number of para-hydroxylation sites is 1. The fraction of sp³-hybridized carbons (Fsp3) is 0.409. The predicted octanol–water partition coefficient (Wildman–Crippen LogP) is 7.64. The van der Waals surface area contributed by atoms with Crippen LogP contribution in [0.1, 0.15) is 78.9 Å². The van der Waals surface area contributed by atoms with Gasteiger partial charge < -0.3 is 15.2 Å². The van der Waals surface area contributed by atoms with Gasteiger partial charge in [-0.1, -0.05) is 43.4 Å². The van der Waals surface area contributed by atoms with E-state index in [2.05, 4.69) is 39.4 Å². The Balaban J connectivity index is 0.959. The predicted molar refractivity (Wildman–Crippen MR) is 230 cm³/mol. The lowest BCUT2D eigenvalue weighted by Gasteiger charge is -2.69. The highest BCUT2D eigenvalue weighted by atomic mass is 32.2.